The molecule has 2 amide bonds. The molecule has 0 N–H and O–H groups in total. The molecule has 23 heavy (non-hydrogen) atoms. The first-order valence-electron chi connectivity index (χ1n) is 8.60. The summed E-state index contributed by atoms with van der Waals surface area (Å²) in [6, 6.07) is 8.01. The molecule has 4 heteroatoms. The molecule has 0 aromatic heterocycles. The van der Waals surface area contributed by atoms with Crippen LogP contribution in [0.2, 0.25) is 0 Å². The number of nitrogens with zero attached hydrogens (tertiary/aromatic N) is 2. The number of rotatable bonds is 6. The zero-order valence-electron chi connectivity index (χ0n) is 14.7. The van der Waals surface area contributed by atoms with Crippen molar-refractivity contribution in [3.05, 3.63) is 29.8 Å². The van der Waals surface area contributed by atoms with Crippen LogP contribution in [0.25, 0.3) is 0 Å². The third-order valence-corrected chi connectivity index (χ3v) is 4.55. The van der Waals surface area contributed by atoms with Gasteiger partial charge in [0.1, 0.15) is 0 Å². The van der Waals surface area contributed by atoms with Crippen LogP contribution < -0.4 is 4.90 Å². The molecule has 1 fully saturated rings. The van der Waals surface area contributed by atoms with E-state index < -0.39 is 0 Å². The molecule has 4 nitrogen and oxygen atoms in total. The van der Waals surface area contributed by atoms with E-state index in [1.807, 2.05) is 25.2 Å². The van der Waals surface area contributed by atoms with E-state index in [9.17, 15) is 9.59 Å². The fraction of sp³-hybridized carbons (Fsp3) is 0.579. The number of hydrogen-bond acceptors (Lipinski definition) is 2. The highest BCUT2D eigenvalue weighted by Gasteiger charge is 2.37. The molecule has 1 aromatic carbocycles. The zero-order valence-corrected chi connectivity index (χ0v) is 14.7. The van der Waals surface area contributed by atoms with Crippen LogP contribution in [0.4, 0.5) is 5.69 Å². The van der Waals surface area contributed by atoms with E-state index in [0.29, 0.717) is 18.9 Å². The highest BCUT2D eigenvalue weighted by atomic mass is 16.2. The number of amides is 2. The van der Waals surface area contributed by atoms with Gasteiger partial charge >= 0.3 is 0 Å². The molecule has 1 saturated heterocycles. The Hall–Kier alpha value is -1.84. The fourth-order valence-electron chi connectivity index (χ4n) is 3.14. The van der Waals surface area contributed by atoms with E-state index in [0.717, 1.165) is 30.6 Å². The minimum atomic E-state index is -0.218. The van der Waals surface area contributed by atoms with Crippen LogP contribution in [0.3, 0.4) is 0 Å². The first kappa shape index (κ1) is 17.5. The maximum absolute atomic E-state index is 12.5. The van der Waals surface area contributed by atoms with E-state index in [2.05, 4.69) is 26.8 Å². The van der Waals surface area contributed by atoms with Gasteiger partial charge in [0.25, 0.3) is 0 Å². The predicted octanol–water partition coefficient (Wildman–Crippen LogP) is 3.42. The van der Waals surface area contributed by atoms with Gasteiger partial charge in [-0.25, -0.2) is 0 Å². The predicted molar refractivity (Wildman–Crippen MR) is 93.5 cm³/mol. The van der Waals surface area contributed by atoms with Gasteiger partial charge < -0.3 is 9.80 Å². The van der Waals surface area contributed by atoms with Crippen molar-refractivity contribution in [3.8, 4) is 0 Å². The summed E-state index contributed by atoms with van der Waals surface area (Å²) in [6.07, 6.45) is 2.39. The normalized spacial score (nSPS) is 17.9. The highest BCUT2D eigenvalue weighted by Crippen LogP contribution is 2.32. The molecule has 0 bridgehead atoms. The first-order valence-corrected chi connectivity index (χ1v) is 8.60. The molecule has 1 atom stereocenters. The molecule has 1 aliphatic rings. The number of unbranched alkanes of at least 4 members (excludes halogenated alkanes) is 1. The summed E-state index contributed by atoms with van der Waals surface area (Å²) >= 11 is 0. The Balaban J connectivity index is 2.13. The molecule has 1 unspecified atom stereocenters. The van der Waals surface area contributed by atoms with Crippen molar-refractivity contribution in [2.24, 2.45) is 5.92 Å². The zero-order chi connectivity index (χ0) is 17.0. The second-order valence-corrected chi connectivity index (χ2v) is 6.73. The molecule has 0 spiro atoms. The van der Waals surface area contributed by atoms with Crippen LogP contribution in [0, 0.1) is 5.92 Å². The summed E-state index contributed by atoms with van der Waals surface area (Å²) < 4.78 is 0. The fourth-order valence-corrected chi connectivity index (χ4v) is 3.14. The molecule has 1 aromatic rings. The molecule has 0 saturated carbocycles. The summed E-state index contributed by atoms with van der Waals surface area (Å²) in [5, 5.41) is 0. The maximum atomic E-state index is 12.5. The number of benzene rings is 1. The van der Waals surface area contributed by atoms with Gasteiger partial charge in [-0.05, 0) is 24.0 Å². The summed E-state index contributed by atoms with van der Waals surface area (Å²) in [7, 11) is 1.84. The van der Waals surface area contributed by atoms with Gasteiger partial charge in [-0.15, -0.1) is 0 Å². The standard InChI is InChI=1S/C19H28N2O2/c1-5-6-11-20(4)19(23)15-12-18(22)21(13-15)17-10-8-7-9-16(17)14(2)3/h7-10,14-15H,5-6,11-13H2,1-4H3. The third-order valence-electron chi connectivity index (χ3n) is 4.55. The smallest absolute Gasteiger partial charge is 0.227 e. The van der Waals surface area contributed by atoms with E-state index in [-0.39, 0.29) is 17.7 Å². The molecule has 126 valence electrons. The Bertz CT molecular complexity index is 568. The van der Waals surface area contributed by atoms with Crippen molar-refractivity contribution in [1.29, 1.82) is 0 Å². The lowest BCUT2D eigenvalue weighted by molar-refractivity contribution is -0.134. The summed E-state index contributed by atoms with van der Waals surface area (Å²) in [5.74, 6) is 0.280. The van der Waals surface area contributed by atoms with Crippen molar-refractivity contribution in [2.75, 3.05) is 25.0 Å². The number of carbonyl (C=O) groups excluding carboxylic acids is 2. The van der Waals surface area contributed by atoms with E-state index in [1.165, 1.54) is 0 Å². The van der Waals surface area contributed by atoms with Crippen molar-refractivity contribution in [2.45, 2.75) is 46.0 Å². The molecule has 0 aliphatic carbocycles. The van der Waals surface area contributed by atoms with E-state index in [1.54, 1.807) is 9.80 Å². The average molecular weight is 316 g/mol. The average Bonchev–Trinajstić information content (AvgIpc) is 2.93. The highest BCUT2D eigenvalue weighted by molar-refractivity contribution is 6.00. The van der Waals surface area contributed by atoms with Crippen molar-refractivity contribution in [1.82, 2.24) is 4.90 Å². The van der Waals surface area contributed by atoms with E-state index in [4.69, 9.17) is 0 Å². The largest absolute Gasteiger partial charge is 0.345 e. The Morgan fingerprint density at radius 3 is 2.70 bits per heavy atom. The van der Waals surface area contributed by atoms with Gasteiger partial charge in [0.2, 0.25) is 11.8 Å². The Kier molecular flexibility index (Phi) is 5.80. The lowest BCUT2D eigenvalue weighted by Crippen LogP contribution is -2.35. The summed E-state index contributed by atoms with van der Waals surface area (Å²) in [6.45, 7) is 7.63. The molecule has 1 aliphatic heterocycles. The number of carbonyl (C=O) groups is 2. The van der Waals surface area contributed by atoms with Crippen molar-refractivity contribution < 1.29 is 9.59 Å². The molecule has 1 heterocycles. The lowest BCUT2D eigenvalue weighted by Gasteiger charge is -2.23. The quantitative estimate of drug-likeness (QED) is 0.807. The van der Waals surface area contributed by atoms with Crippen LogP contribution in [-0.2, 0) is 9.59 Å². The summed E-state index contributed by atoms with van der Waals surface area (Å²) in [5.41, 5.74) is 2.12. The van der Waals surface area contributed by atoms with Crippen LogP contribution in [-0.4, -0.2) is 36.9 Å². The van der Waals surface area contributed by atoms with Gasteiger partial charge in [-0.2, -0.15) is 0 Å². The van der Waals surface area contributed by atoms with E-state index >= 15 is 0 Å². The Morgan fingerprint density at radius 2 is 2.04 bits per heavy atom. The molecular weight excluding hydrogens is 288 g/mol. The maximum Gasteiger partial charge on any atom is 0.227 e. The third kappa shape index (κ3) is 3.92. The van der Waals surface area contributed by atoms with Crippen LogP contribution >= 0.6 is 0 Å². The van der Waals surface area contributed by atoms with Crippen LogP contribution in [0.15, 0.2) is 24.3 Å². The molecule has 2 rings (SSSR count). The lowest BCUT2D eigenvalue weighted by atomic mass is 10.0. The van der Waals surface area contributed by atoms with Crippen molar-refractivity contribution >= 4 is 17.5 Å². The van der Waals surface area contributed by atoms with Crippen molar-refractivity contribution in [3.63, 3.8) is 0 Å². The minimum Gasteiger partial charge on any atom is -0.345 e. The first-order chi connectivity index (χ1) is 11.0. The topological polar surface area (TPSA) is 40.6 Å². The molecular formula is C19H28N2O2. The van der Waals surface area contributed by atoms with Crippen LogP contribution in [0.1, 0.15) is 51.5 Å². The van der Waals surface area contributed by atoms with Gasteiger partial charge in [-0.3, -0.25) is 9.59 Å². The second kappa shape index (κ2) is 7.62. The second-order valence-electron chi connectivity index (χ2n) is 6.73. The SMILES string of the molecule is CCCCN(C)C(=O)C1CC(=O)N(c2ccccc2C(C)C)C1. The van der Waals surface area contributed by atoms with Crippen LogP contribution in [0.5, 0.6) is 0 Å². The van der Waals surface area contributed by atoms with Gasteiger partial charge in [0, 0.05) is 32.2 Å². The number of hydrogen-bond donors (Lipinski definition) is 0. The molecule has 0 radical (unpaired) electrons. The Morgan fingerprint density at radius 1 is 1.35 bits per heavy atom. The number of anilines is 1. The number of para-hydroxylation sites is 1. The minimum absolute atomic E-state index is 0.0559. The van der Waals surface area contributed by atoms with Gasteiger partial charge in [-0.1, -0.05) is 45.4 Å². The van der Waals surface area contributed by atoms with Gasteiger partial charge in [0.05, 0.1) is 5.92 Å². The monoisotopic (exact) mass is 316 g/mol. The van der Waals surface area contributed by atoms with Gasteiger partial charge in [0.15, 0.2) is 0 Å². The Labute approximate surface area is 139 Å². The summed E-state index contributed by atoms with van der Waals surface area (Å²) in [4.78, 5) is 28.6.